The van der Waals surface area contributed by atoms with Crippen molar-refractivity contribution in [3.05, 3.63) is 65.5 Å². The number of pyridine rings is 1. The second kappa shape index (κ2) is 6.83. The van der Waals surface area contributed by atoms with Crippen LogP contribution in [0.3, 0.4) is 0 Å². The molecule has 3 aliphatic carbocycles. The first kappa shape index (κ1) is 20.2. The second-order valence-electron chi connectivity index (χ2n) is 12.5. The molecule has 2 aromatic rings. The summed E-state index contributed by atoms with van der Waals surface area (Å²) in [5, 5.41) is 2.57. The molecule has 3 aliphatic heterocycles. The summed E-state index contributed by atoms with van der Waals surface area (Å²) >= 11 is 0. The van der Waals surface area contributed by atoms with Gasteiger partial charge in [0.1, 0.15) is 0 Å². The van der Waals surface area contributed by atoms with Crippen molar-refractivity contribution in [1.29, 1.82) is 0 Å². The Morgan fingerprint density at radius 2 is 2.00 bits per heavy atom. The largest absolute Gasteiger partial charge is 0.359 e. The van der Waals surface area contributed by atoms with Crippen LogP contribution in [-0.2, 0) is 4.74 Å². The van der Waals surface area contributed by atoms with E-state index in [1.807, 2.05) is 12.4 Å². The van der Waals surface area contributed by atoms with E-state index < -0.39 is 0 Å². The monoisotopic (exact) mass is 452 g/mol. The molecule has 8 rings (SSSR count). The van der Waals surface area contributed by atoms with Crippen molar-refractivity contribution >= 4 is 10.8 Å². The van der Waals surface area contributed by atoms with E-state index in [-0.39, 0.29) is 16.6 Å². The van der Waals surface area contributed by atoms with Crippen LogP contribution in [0.2, 0.25) is 0 Å². The lowest BCUT2D eigenvalue weighted by atomic mass is 9.58. The Hall–Kier alpha value is -1.97. The van der Waals surface area contributed by atoms with Crippen LogP contribution < -0.4 is 0 Å². The van der Waals surface area contributed by atoms with Crippen LogP contribution in [0.25, 0.3) is 10.8 Å². The van der Waals surface area contributed by atoms with Gasteiger partial charge in [-0.1, -0.05) is 31.2 Å². The standard InChI is InChI=1S/C31H36N2O/c1-29-11-9-25-18-24-5-6-26(33-15-2-16-33)19-30(24)12-13-31(25,34-30)28(29)8-7-27(29)22-4-3-21-10-14-32-20-23(21)17-22/h3-4,9-10,14,17-18,20,26-28H,2,5-8,11-13,15-16,19H2,1H3/t26-,27?,28-,29-,30-,31-/m1/s1. The van der Waals surface area contributed by atoms with Crippen LogP contribution in [0.4, 0.5) is 0 Å². The van der Waals surface area contributed by atoms with E-state index in [0.29, 0.717) is 11.8 Å². The number of nitrogens with zero attached hydrogens (tertiary/aromatic N) is 2. The maximum absolute atomic E-state index is 7.49. The van der Waals surface area contributed by atoms with Crippen molar-refractivity contribution in [3.63, 3.8) is 0 Å². The van der Waals surface area contributed by atoms with Gasteiger partial charge in [-0.2, -0.15) is 0 Å². The molecule has 4 heterocycles. The summed E-state index contributed by atoms with van der Waals surface area (Å²) in [6.45, 7) is 5.20. The van der Waals surface area contributed by atoms with Gasteiger partial charge in [-0.3, -0.25) is 4.98 Å². The van der Waals surface area contributed by atoms with Crippen LogP contribution in [0, 0.1) is 11.3 Å². The molecule has 2 saturated heterocycles. The van der Waals surface area contributed by atoms with Crippen molar-refractivity contribution in [1.82, 2.24) is 9.88 Å². The van der Waals surface area contributed by atoms with Gasteiger partial charge in [-0.05, 0) is 122 Å². The van der Waals surface area contributed by atoms with Gasteiger partial charge in [0.15, 0.2) is 0 Å². The first-order valence-electron chi connectivity index (χ1n) is 13.8. The van der Waals surface area contributed by atoms with E-state index >= 15 is 0 Å². The molecule has 1 unspecified atom stereocenters. The third-order valence-corrected chi connectivity index (χ3v) is 11.1. The SMILES string of the molecule is C[C@]12CC=C3C=C4CC[C@@H](N5CCC5)C[C@]45CC[C@]3(O5)[C@@H]1CCC2c1ccc2ccncc2c1. The van der Waals surface area contributed by atoms with Gasteiger partial charge in [0, 0.05) is 23.8 Å². The predicted molar refractivity (Wildman–Crippen MR) is 136 cm³/mol. The van der Waals surface area contributed by atoms with Crippen molar-refractivity contribution in [2.45, 2.75) is 87.9 Å². The Kier molecular flexibility index (Phi) is 4.06. The van der Waals surface area contributed by atoms with Gasteiger partial charge in [0.05, 0.1) is 11.2 Å². The zero-order valence-electron chi connectivity index (χ0n) is 20.4. The zero-order chi connectivity index (χ0) is 22.5. The summed E-state index contributed by atoms with van der Waals surface area (Å²) in [5.41, 5.74) is 4.94. The van der Waals surface area contributed by atoms with E-state index in [1.165, 1.54) is 87.2 Å². The molecule has 34 heavy (non-hydrogen) atoms. The van der Waals surface area contributed by atoms with Crippen LogP contribution in [0.1, 0.15) is 76.2 Å². The van der Waals surface area contributed by atoms with Crippen molar-refractivity contribution < 1.29 is 4.74 Å². The van der Waals surface area contributed by atoms with Gasteiger partial charge in [-0.25, -0.2) is 0 Å². The minimum absolute atomic E-state index is 0.0286. The highest BCUT2D eigenvalue weighted by molar-refractivity contribution is 5.82. The smallest absolute Gasteiger partial charge is 0.0974 e. The number of likely N-dealkylation sites (tertiary alicyclic amines) is 1. The van der Waals surface area contributed by atoms with Gasteiger partial charge >= 0.3 is 0 Å². The second-order valence-corrected chi connectivity index (χ2v) is 12.5. The molecule has 1 aromatic carbocycles. The zero-order valence-corrected chi connectivity index (χ0v) is 20.4. The normalized spacial score (nSPS) is 42.9. The maximum atomic E-state index is 7.49. The minimum Gasteiger partial charge on any atom is -0.359 e. The quantitative estimate of drug-likeness (QED) is 0.516. The molecule has 0 N–H and O–H groups in total. The molecule has 176 valence electrons. The number of rotatable bonds is 2. The number of hydrogen-bond acceptors (Lipinski definition) is 3. The van der Waals surface area contributed by atoms with Gasteiger partial charge < -0.3 is 9.64 Å². The molecule has 3 heteroatoms. The van der Waals surface area contributed by atoms with Crippen LogP contribution in [-0.4, -0.2) is 40.2 Å². The molecule has 0 amide bonds. The predicted octanol–water partition coefficient (Wildman–Crippen LogP) is 6.55. The molecule has 2 bridgehead atoms. The third kappa shape index (κ3) is 2.53. The molecule has 2 saturated carbocycles. The van der Waals surface area contributed by atoms with E-state index in [1.54, 1.807) is 11.1 Å². The number of aromatic nitrogens is 1. The average Bonchev–Trinajstić information content (AvgIpc) is 3.33. The lowest BCUT2D eigenvalue weighted by molar-refractivity contribution is -0.142. The fourth-order valence-corrected chi connectivity index (χ4v) is 9.27. The fourth-order valence-electron chi connectivity index (χ4n) is 9.27. The summed E-state index contributed by atoms with van der Waals surface area (Å²) in [6.07, 6.45) is 20.6. The number of benzene rings is 1. The molecule has 6 aliphatic rings. The molecule has 4 fully saturated rings. The van der Waals surface area contributed by atoms with Gasteiger partial charge in [0.2, 0.25) is 0 Å². The van der Waals surface area contributed by atoms with Crippen molar-refractivity contribution in [2.24, 2.45) is 11.3 Å². The topological polar surface area (TPSA) is 25.4 Å². The molecule has 6 atom stereocenters. The summed E-state index contributed by atoms with van der Waals surface area (Å²) in [5.74, 6) is 1.22. The molecule has 1 aromatic heterocycles. The van der Waals surface area contributed by atoms with E-state index in [0.717, 1.165) is 6.04 Å². The summed E-state index contributed by atoms with van der Waals surface area (Å²) in [7, 11) is 0. The highest BCUT2D eigenvalue weighted by Gasteiger charge is 2.66. The Bertz CT molecular complexity index is 1240. The highest BCUT2D eigenvalue weighted by Crippen LogP contribution is 2.69. The minimum atomic E-state index is -0.0412. The Labute approximate surface area is 203 Å². The Morgan fingerprint density at radius 3 is 2.88 bits per heavy atom. The summed E-state index contributed by atoms with van der Waals surface area (Å²) in [6, 6.07) is 9.99. The van der Waals surface area contributed by atoms with Crippen LogP contribution in [0.15, 0.2) is 60.0 Å². The first-order chi connectivity index (χ1) is 16.6. The van der Waals surface area contributed by atoms with Crippen LogP contribution >= 0.6 is 0 Å². The average molecular weight is 453 g/mol. The summed E-state index contributed by atoms with van der Waals surface area (Å²) < 4.78 is 7.49. The maximum Gasteiger partial charge on any atom is 0.0974 e. The van der Waals surface area contributed by atoms with E-state index in [9.17, 15) is 0 Å². The van der Waals surface area contributed by atoms with E-state index in [4.69, 9.17) is 4.74 Å². The van der Waals surface area contributed by atoms with Gasteiger partial charge in [-0.15, -0.1) is 0 Å². The van der Waals surface area contributed by atoms with Crippen LogP contribution in [0.5, 0.6) is 0 Å². The Morgan fingerprint density at radius 1 is 1.06 bits per heavy atom. The van der Waals surface area contributed by atoms with Gasteiger partial charge in [0.25, 0.3) is 0 Å². The number of ether oxygens (including phenoxy) is 1. The lowest BCUT2D eigenvalue weighted by Crippen LogP contribution is -2.56. The Balaban J connectivity index is 1.16. The van der Waals surface area contributed by atoms with Crippen molar-refractivity contribution in [2.75, 3.05) is 13.1 Å². The third-order valence-electron chi connectivity index (χ3n) is 11.1. The molecule has 3 nitrogen and oxygen atoms in total. The molecular formula is C31H36N2O. The first-order valence-corrected chi connectivity index (χ1v) is 13.8. The fraction of sp³-hybridized carbons (Fsp3) is 0.581. The summed E-state index contributed by atoms with van der Waals surface area (Å²) in [4.78, 5) is 7.12. The van der Waals surface area contributed by atoms with E-state index in [2.05, 4.69) is 53.2 Å². The molecular weight excluding hydrogens is 416 g/mol. The number of fused-ring (bicyclic) bond motifs is 2. The number of allylic oxidation sites excluding steroid dienone is 1. The number of hydrogen-bond donors (Lipinski definition) is 0. The lowest BCUT2D eigenvalue weighted by Gasteiger charge is -2.55. The molecule has 0 radical (unpaired) electrons. The molecule has 2 spiro atoms. The highest BCUT2D eigenvalue weighted by atomic mass is 16.5. The van der Waals surface area contributed by atoms with Crippen molar-refractivity contribution in [3.8, 4) is 0 Å².